The van der Waals surface area contributed by atoms with Gasteiger partial charge in [0.25, 0.3) is 0 Å². The van der Waals surface area contributed by atoms with Crippen LogP contribution in [0.5, 0.6) is 0 Å². The molecule has 1 aliphatic rings. The van der Waals surface area contributed by atoms with Crippen LogP contribution in [0.15, 0.2) is 0 Å². The maximum atomic E-state index is 12.7. The molecule has 0 aromatic carbocycles. The van der Waals surface area contributed by atoms with Gasteiger partial charge in [-0.15, -0.1) is 0 Å². The number of carbonyl (C=O) groups excluding carboxylic acids is 5. The van der Waals surface area contributed by atoms with Gasteiger partial charge in [0.1, 0.15) is 48.6 Å². The van der Waals surface area contributed by atoms with Crippen LogP contribution in [0.4, 0.5) is 0 Å². The summed E-state index contributed by atoms with van der Waals surface area (Å²) in [4.78, 5) is 72.3. The average Bonchev–Trinajstić information content (AvgIpc) is 2.91. The number of primary amides is 1. The van der Waals surface area contributed by atoms with Gasteiger partial charge in [-0.05, 0) is 39.7 Å². The molecule has 9 atom stereocenters. The van der Waals surface area contributed by atoms with E-state index in [1.807, 2.05) is 0 Å². The first kappa shape index (κ1) is 36.6. The van der Waals surface area contributed by atoms with Gasteiger partial charge in [-0.3, -0.25) is 24.0 Å². The van der Waals surface area contributed by atoms with Crippen molar-refractivity contribution in [1.82, 2.24) is 21.3 Å². The van der Waals surface area contributed by atoms with Crippen LogP contribution < -0.4 is 32.7 Å². The fourth-order valence-electron chi connectivity index (χ4n) is 4.03. The number of rotatable bonds is 17. The zero-order valence-electron chi connectivity index (χ0n) is 23.6. The molecule has 240 valence electrons. The molecular weight excluding hydrogens is 564 g/mol. The van der Waals surface area contributed by atoms with Crippen LogP contribution in [-0.2, 0) is 38.2 Å². The van der Waals surface area contributed by atoms with Gasteiger partial charge < -0.3 is 62.6 Å². The molecule has 1 rings (SSSR count). The van der Waals surface area contributed by atoms with Gasteiger partial charge in [0, 0.05) is 13.3 Å². The number of hydrogen-bond acceptors (Lipinski definition) is 12. The summed E-state index contributed by atoms with van der Waals surface area (Å²) in [5.41, 5.74) is 10.7. The first-order valence-corrected chi connectivity index (χ1v) is 13.3. The molecule has 42 heavy (non-hydrogen) atoms. The number of nitrogens with two attached hydrogens (primary N) is 2. The van der Waals surface area contributed by atoms with Crippen molar-refractivity contribution in [3.8, 4) is 0 Å². The lowest BCUT2D eigenvalue weighted by molar-refractivity contribution is -0.266. The van der Waals surface area contributed by atoms with Gasteiger partial charge in [-0.2, -0.15) is 0 Å². The van der Waals surface area contributed by atoms with Crippen LogP contribution in [0.3, 0.4) is 0 Å². The highest BCUT2D eigenvalue weighted by atomic mass is 16.6. The van der Waals surface area contributed by atoms with Crippen molar-refractivity contribution in [2.45, 2.75) is 101 Å². The van der Waals surface area contributed by atoms with Gasteiger partial charge in [-0.1, -0.05) is 0 Å². The Morgan fingerprint density at radius 2 is 1.62 bits per heavy atom. The molecule has 0 aromatic rings. The molecule has 18 nitrogen and oxygen atoms in total. The Morgan fingerprint density at radius 3 is 2.14 bits per heavy atom. The van der Waals surface area contributed by atoms with Crippen molar-refractivity contribution in [3.05, 3.63) is 0 Å². The maximum Gasteiger partial charge on any atom is 0.326 e. The molecule has 1 heterocycles. The van der Waals surface area contributed by atoms with Crippen LogP contribution in [-0.4, -0.2) is 124 Å². The molecule has 0 aromatic heterocycles. The second kappa shape index (κ2) is 17.5. The summed E-state index contributed by atoms with van der Waals surface area (Å²) in [6, 6.07) is -5.03. The summed E-state index contributed by atoms with van der Waals surface area (Å²) >= 11 is 0. The van der Waals surface area contributed by atoms with Crippen LogP contribution >= 0.6 is 0 Å². The third-order valence-corrected chi connectivity index (χ3v) is 6.38. The van der Waals surface area contributed by atoms with Crippen LogP contribution in [0.25, 0.3) is 0 Å². The maximum absolute atomic E-state index is 12.7. The van der Waals surface area contributed by atoms with Crippen LogP contribution in [0.1, 0.15) is 46.5 Å². The van der Waals surface area contributed by atoms with Crippen molar-refractivity contribution < 1.29 is 58.7 Å². The minimum atomic E-state index is -1.67. The Kier molecular flexibility index (Phi) is 15.3. The standard InChI is InChI=1S/C24H42N6O12/c1-10(21(36)30-13(20(26)35)6-7-16(33)29-14(23(38)39)5-4-8-25)27-22(37)11(2)41-19-17(28-12(3)32)24(40)42-15(9-31)18(19)34/h10-11,13-15,17-19,24,31,34,40H,4-9,25H2,1-3H3,(H2,26,35)(H,27,37)(H,28,32)(H,29,33)(H,30,36)(H,38,39)/t10-,11+,13+,14-,15+,17+,18+,19+,24?/m0/s1. The SMILES string of the molecule is CC(=O)N[C@H]1C(O)O[C@H](CO)[C@@H](O)[C@@H]1O[C@H](C)C(=O)N[C@@H](C)C(=O)N[C@H](CCC(=O)N[C@@H](CCCN)C(=O)O)C(N)=O. The molecule has 18 heteroatoms. The molecule has 1 fully saturated rings. The number of carboxylic acids is 1. The van der Waals surface area contributed by atoms with Crippen LogP contribution in [0, 0.1) is 0 Å². The molecule has 0 aliphatic carbocycles. The minimum absolute atomic E-state index is 0.108. The summed E-state index contributed by atoms with van der Waals surface area (Å²) in [7, 11) is 0. The molecule has 12 N–H and O–H groups in total. The number of nitrogens with one attached hydrogen (secondary N) is 4. The van der Waals surface area contributed by atoms with Gasteiger partial charge in [-0.25, -0.2) is 4.79 Å². The third kappa shape index (κ3) is 11.5. The number of aliphatic hydroxyl groups excluding tert-OH is 3. The van der Waals surface area contributed by atoms with E-state index in [4.69, 9.17) is 20.9 Å². The van der Waals surface area contributed by atoms with E-state index in [-0.39, 0.29) is 25.8 Å². The molecule has 1 unspecified atom stereocenters. The van der Waals surface area contributed by atoms with Gasteiger partial charge in [0.15, 0.2) is 6.29 Å². The van der Waals surface area contributed by atoms with E-state index in [2.05, 4.69) is 21.3 Å². The second-order valence-electron chi connectivity index (χ2n) is 9.83. The highest BCUT2D eigenvalue weighted by molar-refractivity contribution is 5.92. The minimum Gasteiger partial charge on any atom is -0.480 e. The fourth-order valence-corrected chi connectivity index (χ4v) is 4.03. The number of aliphatic hydroxyl groups is 3. The molecule has 0 bridgehead atoms. The summed E-state index contributed by atoms with van der Waals surface area (Å²) < 4.78 is 10.7. The van der Waals surface area contributed by atoms with E-state index in [1.165, 1.54) is 13.8 Å². The number of ether oxygens (including phenoxy) is 2. The predicted molar refractivity (Wildman–Crippen MR) is 142 cm³/mol. The number of carbonyl (C=O) groups is 6. The molecule has 5 amide bonds. The number of carboxylic acid groups (broad SMARTS) is 1. The van der Waals surface area contributed by atoms with E-state index >= 15 is 0 Å². The lowest BCUT2D eigenvalue weighted by atomic mass is 9.96. The fraction of sp³-hybridized carbons (Fsp3) is 0.750. The molecular formula is C24H42N6O12. The molecule has 0 radical (unpaired) electrons. The summed E-state index contributed by atoms with van der Waals surface area (Å²) in [6.07, 6.45) is -7.35. The monoisotopic (exact) mass is 606 g/mol. The molecule has 1 aliphatic heterocycles. The largest absolute Gasteiger partial charge is 0.480 e. The predicted octanol–water partition coefficient (Wildman–Crippen LogP) is -5.10. The average molecular weight is 607 g/mol. The Balaban J connectivity index is 2.75. The van der Waals surface area contributed by atoms with Gasteiger partial charge in [0.05, 0.1) is 6.61 Å². The van der Waals surface area contributed by atoms with Crippen molar-refractivity contribution in [1.29, 1.82) is 0 Å². The van der Waals surface area contributed by atoms with Crippen molar-refractivity contribution in [2.24, 2.45) is 11.5 Å². The third-order valence-electron chi connectivity index (χ3n) is 6.38. The number of hydrogen-bond donors (Lipinski definition) is 10. The highest BCUT2D eigenvalue weighted by Crippen LogP contribution is 2.23. The van der Waals surface area contributed by atoms with E-state index in [0.717, 1.165) is 6.92 Å². The first-order valence-electron chi connectivity index (χ1n) is 13.3. The smallest absolute Gasteiger partial charge is 0.326 e. The zero-order chi connectivity index (χ0) is 32.1. The lowest BCUT2D eigenvalue weighted by Gasteiger charge is -2.43. The first-order chi connectivity index (χ1) is 19.6. The van der Waals surface area contributed by atoms with E-state index in [0.29, 0.717) is 6.42 Å². The normalized spacial score (nSPS) is 24.8. The quantitative estimate of drug-likeness (QED) is 0.0742. The van der Waals surface area contributed by atoms with Crippen molar-refractivity contribution >= 4 is 35.5 Å². The van der Waals surface area contributed by atoms with Gasteiger partial charge >= 0.3 is 5.97 Å². The van der Waals surface area contributed by atoms with Crippen molar-refractivity contribution in [3.63, 3.8) is 0 Å². The zero-order valence-corrected chi connectivity index (χ0v) is 23.6. The summed E-state index contributed by atoms with van der Waals surface area (Å²) in [5, 5.41) is 48.7. The molecule has 0 spiro atoms. The Hall–Kier alpha value is -3.42. The van der Waals surface area contributed by atoms with Crippen molar-refractivity contribution in [2.75, 3.05) is 13.2 Å². The van der Waals surface area contributed by atoms with Crippen LogP contribution in [0.2, 0.25) is 0 Å². The Morgan fingerprint density at radius 1 is 0.976 bits per heavy atom. The molecule has 0 saturated carbocycles. The van der Waals surface area contributed by atoms with E-state index in [1.54, 1.807) is 0 Å². The van der Waals surface area contributed by atoms with E-state index < -0.39 is 97.0 Å². The number of amides is 5. The lowest BCUT2D eigenvalue weighted by Crippen LogP contribution is -2.65. The second-order valence-corrected chi connectivity index (χ2v) is 9.83. The highest BCUT2D eigenvalue weighted by Gasteiger charge is 2.47. The van der Waals surface area contributed by atoms with Gasteiger partial charge in [0.2, 0.25) is 29.5 Å². The van der Waals surface area contributed by atoms with E-state index in [9.17, 15) is 49.2 Å². The summed E-state index contributed by atoms with van der Waals surface area (Å²) in [6.45, 7) is 3.24. The Labute approximate surface area is 241 Å². The topological polar surface area (TPSA) is 302 Å². The Bertz CT molecular complexity index is 968. The summed E-state index contributed by atoms with van der Waals surface area (Å²) in [5.74, 6) is -5.19. The number of aliphatic carboxylic acids is 1. The molecule has 1 saturated heterocycles.